The third-order valence-corrected chi connectivity index (χ3v) is 58.3. The molecule has 18 heavy (non-hydrogen) atoms. The van der Waals surface area contributed by atoms with Gasteiger partial charge in [-0.05, 0) is 6.42 Å². The van der Waals surface area contributed by atoms with E-state index >= 15 is 0 Å². The molecule has 0 bridgehead atoms. The zero-order valence-corrected chi connectivity index (χ0v) is 18.2. The zero-order valence-electron chi connectivity index (χ0n) is 13.2. The number of rotatable bonds is 2. The molecule has 0 atom stereocenters. The molecule has 0 amide bonds. The van der Waals surface area contributed by atoms with Gasteiger partial charge in [-0.15, -0.1) is 0 Å². The SMILES string of the molecule is C1=CCC=C1.CP(C)[Si](C)(C)[Ti+2]([CH3])([CH3])([CH3])[CH3].[Cl-].[Cl-]. The Morgan fingerprint density at radius 3 is 1.28 bits per heavy atom. The fourth-order valence-corrected chi connectivity index (χ4v) is 33.6. The molecular formula is C13H30Cl2PSiTi. The minimum Gasteiger partial charge on any atom is -1.00 e. The molecule has 0 nitrogen and oxygen atoms in total. The first-order valence-corrected chi connectivity index (χ1v) is 20.9. The maximum Gasteiger partial charge on any atom is -1.00 e. The van der Waals surface area contributed by atoms with E-state index in [-0.39, 0.29) is 24.8 Å². The molecule has 0 N–H and O–H groups in total. The molecule has 0 aliphatic heterocycles. The summed E-state index contributed by atoms with van der Waals surface area (Å²) in [5, 5.41) is 10.4. The molecule has 0 radical (unpaired) electrons. The molecule has 0 heterocycles. The summed E-state index contributed by atoms with van der Waals surface area (Å²) in [5.41, 5.74) is -0.850. The van der Waals surface area contributed by atoms with Crippen molar-refractivity contribution < 1.29 is 39.4 Å². The summed E-state index contributed by atoms with van der Waals surface area (Å²) in [6.07, 6.45) is 9.50. The van der Waals surface area contributed by atoms with Crippen LogP contribution in [0.4, 0.5) is 0 Å². The Hall–Kier alpha value is 1.42. The predicted molar refractivity (Wildman–Crippen MR) is 82.6 cm³/mol. The molecular weight excluding hydrogens is 334 g/mol. The van der Waals surface area contributed by atoms with Crippen molar-refractivity contribution in [3.63, 3.8) is 0 Å². The summed E-state index contributed by atoms with van der Waals surface area (Å²) >= 11 is -1.90. The quantitative estimate of drug-likeness (QED) is 0.471. The molecule has 0 saturated carbocycles. The largest absolute Gasteiger partial charge is 1.00 e. The van der Waals surface area contributed by atoms with Crippen molar-refractivity contribution in [3.05, 3.63) is 24.3 Å². The van der Waals surface area contributed by atoms with Crippen LogP contribution in [0, 0.1) is 0 Å². The van der Waals surface area contributed by atoms with Gasteiger partial charge < -0.3 is 24.8 Å². The van der Waals surface area contributed by atoms with Gasteiger partial charge in [0, 0.05) is 0 Å². The van der Waals surface area contributed by atoms with Gasteiger partial charge in [-0.1, -0.05) is 24.3 Å². The van der Waals surface area contributed by atoms with Gasteiger partial charge in [0.15, 0.2) is 0 Å². The summed E-state index contributed by atoms with van der Waals surface area (Å²) in [6, 6.07) is 0. The van der Waals surface area contributed by atoms with Gasteiger partial charge >= 0.3 is 75.0 Å². The van der Waals surface area contributed by atoms with Crippen LogP contribution >= 0.6 is 7.47 Å². The Bertz CT molecular complexity index is 272. The van der Waals surface area contributed by atoms with Gasteiger partial charge in [-0.3, -0.25) is 0 Å². The average molecular weight is 364 g/mol. The van der Waals surface area contributed by atoms with Gasteiger partial charge in [0.2, 0.25) is 0 Å². The second-order valence-electron chi connectivity index (χ2n) is 7.55. The van der Waals surface area contributed by atoms with Crippen LogP contribution < -0.4 is 24.8 Å². The molecule has 0 spiro atoms. The van der Waals surface area contributed by atoms with E-state index in [1.165, 1.54) is 0 Å². The zero-order chi connectivity index (χ0) is 13.1. The molecule has 0 unspecified atom stereocenters. The van der Waals surface area contributed by atoms with Crippen LogP contribution in [0.2, 0.25) is 34.0 Å². The van der Waals surface area contributed by atoms with Crippen molar-refractivity contribution in [1.29, 1.82) is 0 Å². The van der Waals surface area contributed by atoms with Gasteiger partial charge in [0.1, 0.15) is 0 Å². The van der Waals surface area contributed by atoms with E-state index in [9.17, 15) is 0 Å². The van der Waals surface area contributed by atoms with Crippen molar-refractivity contribution >= 4 is 13.1 Å². The van der Waals surface area contributed by atoms with Gasteiger partial charge in [0.25, 0.3) is 0 Å². The van der Waals surface area contributed by atoms with E-state index < -0.39 is 20.2 Å². The Balaban J connectivity index is -0.000000272. The second kappa shape index (κ2) is 8.65. The molecule has 5 heteroatoms. The maximum atomic E-state index is 2.61. The normalized spacial score (nSPS) is 14.6. The van der Waals surface area contributed by atoms with E-state index in [1.54, 1.807) is 0 Å². The van der Waals surface area contributed by atoms with Crippen LogP contribution in [-0.2, 0) is 14.6 Å². The molecule has 1 aliphatic carbocycles. The molecule has 0 saturated heterocycles. The van der Waals surface area contributed by atoms with E-state index in [0.717, 1.165) is 6.42 Å². The Morgan fingerprint density at radius 1 is 0.889 bits per heavy atom. The number of halogens is 2. The summed E-state index contributed by atoms with van der Waals surface area (Å²) in [4.78, 5) is 0. The maximum absolute atomic E-state index is 2.61. The number of hydrogen-bond acceptors (Lipinski definition) is 0. The molecule has 1 rings (SSSR count). The topological polar surface area (TPSA) is 0 Å². The summed E-state index contributed by atoms with van der Waals surface area (Å²) in [6.45, 7) is 10.2. The third-order valence-electron chi connectivity index (χ3n) is 4.22. The number of hydrogen-bond donors (Lipinski definition) is 0. The summed E-state index contributed by atoms with van der Waals surface area (Å²) < 4.78 is 0. The minimum absolute atomic E-state index is 0. The van der Waals surface area contributed by atoms with Gasteiger partial charge in [-0.2, -0.15) is 0 Å². The first-order chi connectivity index (χ1) is 6.96. The summed E-state index contributed by atoms with van der Waals surface area (Å²) in [7, 11) is 0.344. The molecule has 1 aliphatic rings. The van der Waals surface area contributed by atoms with Crippen LogP contribution in [0.1, 0.15) is 6.42 Å². The molecule has 0 fully saturated rings. The van der Waals surface area contributed by atoms with Crippen molar-refractivity contribution in [2.45, 2.75) is 40.4 Å². The first kappa shape index (κ1) is 24.4. The summed E-state index contributed by atoms with van der Waals surface area (Å²) in [5.74, 6) is 0. The van der Waals surface area contributed by atoms with Crippen molar-refractivity contribution in [2.24, 2.45) is 0 Å². The van der Waals surface area contributed by atoms with Crippen molar-refractivity contribution in [2.75, 3.05) is 13.3 Å². The minimum atomic E-state index is -1.90. The first-order valence-electron chi connectivity index (χ1n) is 6.18. The van der Waals surface area contributed by atoms with Crippen molar-refractivity contribution in [1.82, 2.24) is 0 Å². The number of allylic oxidation sites excluding steroid dienone is 4. The van der Waals surface area contributed by atoms with E-state index in [2.05, 4.69) is 71.6 Å². The Labute approximate surface area is 130 Å². The van der Waals surface area contributed by atoms with Crippen LogP contribution in [0.5, 0.6) is 0 Å². The van der Waals surface area contributed by atoms with Gasteiger partial charge in [0.05, 0.1) is 0 Å². The van der Waals surface area contributed by atoms with E-state index in [1.807, 2.05) is 0 Å². The predicted octanol–water partition coefficient (Wildman–Crippen LogP) is -0.178. The van der Waals surface area contributed by atoms with E-state index in [0.29, 0.717) is 7.47 Å². The van der Waals surface area contributed by atoms with Crippen LogP contribution in [0.15, 0.2) is 24.3 Å². The third kappa shape index (κ3) is 7.88. The van der Waals surface area contributed by atoms with Crippen LogP contribution in [-0.4, -0.2) is 18.9 Å². The molecule has 0 aromatic rings. The standard InChI is InChI=1S/C5H6.C4H12PSi.4CH3.2ClH.Ti/c1-2-4-5-3-1;1-5(2)6(3)4;;;;;;;/h1-4H,5H2;1-4H3;4*1H3;2*1H;/q;;;;;;;;+2/p-2. The van der Waals surface area contributed by atoms with Crippen molar-refractivity contribution in [3.8, 4) is 0 Å². The van der Waals surface area contributed by atoms with Crippen LogP contribution in [0.3, 0.4) is 0 Å². The van der Waals surface area contributed by atoms with Crippen LogP contribution in [0.25, 0.3) is 0 Å². The average Bonchev–Trinajstić information content (AvgIpc) is 2.56. The fraction of sp³-hybridized carbons (Fsp3) is 0.692. The second-order valence-corrected chi connectivity index (χ2v) is 47.1. The molecule has 109 valence electrons. The smallest absolute Gasteiger partial charge is 1.00 e. The van der Waals surface area contributed by atoms with Gasteiger partial charge in [-0.25, -0.2) is 0 Å². The Morgan fingerprint density at radius 2 is 1.22 bits per heavy atom. The Kier molecular flexibility index (Phi) is 11.7. The molecule has 0 aromatic carbocycles. The fourth-order valence-electron chi connectivity index (χ4n) is 1.29. The molecule has 0 aromatic heterocycles. The monoisotopic (exact) mass is 363 g/mol. The van der Waals surface area contributed by atoms with E-state index in [4.69, 9.17) is 0 Å².